The quantitative estimate of drug-likeness (QED) is 0.252. The summed E-state index contributed by atoms with van der Waals surface area (Å²) in [7, 11) is 0. The number of hydrogen-bond donors (Lipinski definition) is 1. The first-order valence-corrected chi connectivity index (χ1v) is 17.9. The van der Waals surface area contributed by atoms with Crippen LogP contribution in [0.2, 0.25) is 0 Å². The lowest BCUT2D eigenvalue weighted by atomic mass is 9.87. The minimum absolute atomic E-state index is 0.165. The van der Waals surface area contributed by atoms with E-state index >= 15 is 4.79 Å². The van der Waals surface area contributed by atoms with E-state index in [4.69, 9.17) is 4.74 Å². The van der Waals surface area contributed by atoms with E-state index in [1.54, 1.807) is 45.9 Å². The summed E-state index contributed by atoms with van der Waals surface area (Å²) >= 11 is 0. The van der Waals surface area contributed by atoms with Crippen molar-refractivity contribution in [3.8, 4) is 6.07 Å². The number of amides is 4. The second kappa shape index (κ2) is 18.6. The molecule has 2 atom stereocenters. The SMILES string of the molecule is CC.CCC.Cc1ccccc1C(C(=O)NC1CC(F)(F)C1)N(C(=O)[C@@H]1CN(C(=O)OC(C)(C)C)CC(=O)N1c1nccc(C#N)n1)c1cc(F)cc(F)c1. The van der Waals surface area contributed by atoms with Crippen molar-refractivity contribution in [2.24, 2.45) is 0 Å². The van der Waals surface area contributed by atoms with Gasteiger partial charge in [-0.2, -0.15) is 5.26 Å². The van der Waals surface area contributed by atoms with E-state index in [1.165, 1.54) is 24.8 Å². The summed E-state index contributed by atoms with van der Waals surface area (Å²) in [4.78, 5) is 66.9. The number of nitrogens with zero attached hydrogens (tertiary/aromatic N) is 6. The van der Waals surface area contributed by atoms with Gasteiger partial charge in [0.2, 0.25) is 17.8 Å². The molecule has 1 N–H and O–H groups in total. The summed E-state index contributed by atoms with van der Waals surface area (Å²) in [6, 6.07) is 7.07. The largest absolute Gasteiger partial charge is 0.444 e. The number of halogens is 4. The molecular formula is C39H47F4N7O5. The maximum absolute atomic E-state index is 15.0. The van der Waals surface area contributed by atoms with Gasteiger partial charge in [0.05, 0.1) is 12.2 Å². The van der Waals surface area contributed by atoms with Gasteiger partial charge in [0.1, 0.15) is 47.6 Å². The number of rotatable bonds is 7. The zero-order valence-electron chi connectivity index (χ0n) is 32.2. The Morgan fingerprint density at radius 1 is 1.07 bits per heavy atom. The number of nitriles is 1. The van der Waals surface area contributed by atoms with Gasteiger partial charge in [0, 0.05) is 31.1 Å². The van der Waals surface area contributed by atoms with Gasteiger partial charge in [-0.25, -0.2) is 32.3 Å². The zero-order chi connectivity index (χ0) is 41.2. The van der Waals surface area contributed by atoms with Gasteiger partial charge in [0.25, 0.3) is 11.8 Å². The summed E-state index contributed by atoms with van der Waals surface area (Å²) in [5, 5.41) is 12.0. The molecule has 2 fully saturated rings. The Morgan fingerprint density at radius 3 is 2.22 bits per heavy atom. The molecule has 3 aromatic rings. The molecule has 1 aromatic heterocycles. The van der Waals surface area contributed by atoms with Crippen molar-refractivity contribution in [1.29, 1.82) is 5.26 Å². The van der Waals surface area contributed by atoms with E-state index in [0.29, 0.717) is 11.6 Å². The fourth-order valence-electron chi connectivity index (χ4n) is 5.78. The lowest BCUT2D eigenvalue weighted by Crippen LogP contribution is -2.65. The predicted octanol–water partition coefficient (Wildman–Crippen LogP) is 7.02. The molecule has 16 heteroatoms. The smallest absolute Gasteiger partial charge is 0.410 e. The number of ether oxygens (including phenoxy) is 1. The van der Waals surface area contributed by atoms with Crippen molar-refractivity contribution < 1.29 is 41.5 Å². The van der Waals surface area contributed by atoms with E-state index in [2.05, 4.69) is 29.1 Å². The third kappa shape index (κ3) is 11.2. The second-order valence-corrected chi connectivity index (χ2v) is 13.8. The van der Waals surface area contributed by atoms with Crippen molar-refractivity contribution in [2.75, 3.05) is 22.9 Å². The Labute approximate surface area is 318 Å². The predicted molar refractivity (Wildman–Crippen MR) is 197 cm³/mol. The van der Waals surface area contributed by atoms with Crippen LogP contribution in [-0.2, 0) is 19.1 Å². The molecule has 5 rings (SSSR count). The molecule has 0 spiro atoms. The van der Waals surface area contributed by atoms with Crippen LogP contribution in [0.5, 0.6) is 0 Å². The highest BCUT2D eigenvalue weighted by molar-refractivity contribution is 6.10. The molecular weight excluding hydrogens is 722 g/mol. The Morgan fingerprint density at radius 2 is 1.67 bits per heavy atom. The van der Waals surface area contributed by atoms with Gasteiger partial charge in [-0.05, 0) is 57.0 Å². The second-order valence-electron chi connectivity index (χ2n) is 13.8. The van der Waals surface area contributed by atoms with Crippen LogP contribution in [0.15, 0.2) is 54.7 Å². The molecule has 1 unspecified atom stereocenters. The van der Waals surface area contributed by atoms with Crippen molar-refractivity contribution in [3.05, 3.63) is 83.2 Å². The van der Waals surface area contributed by atoms with Crippen LogP contribution in [0.1, 0.15) is 90.6 Å². The lowest BCUT2D eigenvalue weighted by Gasteiger charge is -2.43. The first-order chi connectivity index (χ1) is 25.9. The van der Waals surface area contributed by atoms with Crippen LogP contribution in [0.4, 0.5) is 34.0 Å². The maximum atomic E-state index is 15.0. The van der Waals surface area contributed by atoms with Gasteiger partial charge in [-0.3, -0.25) is 29.1 Å². The number of aromatic nitrogens is 2. The molecule has 1 saturated heterocycles. The number of aryl methyl sites for hydroxylation is 1. The summed E-state index contributed by atoms with van der Waals surface area (Å²) < 4.78 is 62.8. The molecule has 2 aromatic carbocycles. The first-order valence-electron chi connectivity index (χ1n) is 17.9. The monoisotopic (exact) mass is 769 g/mol. The average Bonchev–Trinajstić information content (AvgIpc) is 3.09. The van der Waals surface area contributed by atoms with Crippen LogP contribution in [-0.4, -0.2) is 75.4 Å². The van der Waals surface area contributed by atoms with Crippen molar-refractivity contribution in [1.82, 2.24) is 20.2 Å². The maximum Gasteiger partial charge on any atom is 0.410 e. The number of carbonyl (C=O) groups excluding carboxylic acids is 4. The van der Waals surface area contributed by atoms with Gasteiger partial charge in [-0.15, -0.1) is 0 Å². The van der Waals surface area contributed by atoms with Crippen LogP contribution < -0.4 is 15.1 Å². The standard InChI is InChI=1S/C34H33F4N7O5.C3H8.C2H6/c1-19-7-5-6-8-25(19)28(29(47)41-23-14-34(37,38)15-23)44(24-12-20(35)11-21(36)13-24)30(48)26-17-43(32(49)50-33(2,3)4)18-27(46)45(26)31-40-10-9-22(16-39)42-31;1-3-2;1-2/h5-13,23,26,28H,14-15,17-18H2,1-4H3,(H,41,47);3H2,1-2H3;1-2H3/t26-,28?;;/m0../s1. The molecule has 12 nitrogen and oxygen atoms in total. The number of benzene rings is 2. The molecule has 0 bridgehead atoms. The normalized spacial score (nSPS) is 16.9. The van der Waals surface area contributed by atoms with E-state index < -0.39 is 103 Å². The number of hydrogen-bond acceptors (Lipinski definition) is 8. The minimum atomic E-state index is -3.01. The number of carbonyl (C=O) groups is 4. The molecule has 2 heterocycles. The molecule has 2 aliphatic rings. The molecule has 296 valence electrons. The number of anilines is 2. The van der Waals surface area contributed by atoms with E-state index in [1.807, 2.05) is 19.9 Å². The van der Waals surface area contributed by atoms with Crippen molar-refractivity contribution in [2.45, 2.75) is 104 Å². The molecule has 1 saturated carbocycles. The third-order valence-electron chi connectivity index (χ3n) is 8.00. The Balaban J connectivity index is 0.00000155. The Bertz CT molecular complexity index is 1870. The van der Waals surface area contributed by atoms with E-state index in [9.17, 15) is 37.2 Å². The minimum Gasteiger partial charge on any atom is -0.444 e. The third-order valence-corrected chi connectivity index (χ3v) is 8.00. The highest BCUT2D eigenvalue weighted by Gasteiger charge is 2.49. The average molecular weight is 770 g/mol. The lowest BCUT2D eigenvalue weighted by molar-refractivity contribution is -0.133. The Hall–Kier alpha value is -5.59. The fraction of sp³-hybridized carbons (Fsp3) is 0.462. The molecule has 0 radical (unpaired) electrons. The van der Waals surface area contributed by atoms with Gasteiger partial charge in [-0.1, -0.05) is 58.4 Å². The summed E-state index contributed by atoms with van der Waals surface area (Å²) in [6.45, 7) is 13.5. The summed E-state index contributed by atoms with van der Waals surface area (Å²) in [5.41, 5.74) is -0.989. The topological polar surface area (TPSA) is 149 Å². The van der Waals surface area contributed by atoms with Crippen LogP contribution in [0, 0.1) is 29.9 Å². The van der Waals surface area contributed by atoms with Crippen LogP contribution >= 0.6 is 0 Å². The van der Waals surface area contributed by atoms with Crippen LogP contribution in [0.3, 0.4) is 0 Å². The highest BCUT2D eigenvalue weighted by atomic mass is 19.3. The first kappa shape index (κ1) is 43.8. The highest BCUT2D eigenvalue weighted by Crippen LogP contribution is 2.39. The van der Waals surface area contributed by atoms with Gasteiger partial charge < -0.3 is 10.1 Å². The number of piperazine rings is 1. The van der Waals surface area contributed by atoms with E-state index in [-0.39, 0.29) is 11.3 Å². The van der Waals surface area contributed by atoms with Gasteiger partial charge >= 0.3 is 6.09 Å². The number of alkyl halides is 2. The van der Waals surface area contributed by atoms with Crippen molar-refractivity contribution >= 4 is 35.5 Å². The zero-order valence-corrected chi connectivity index (χ0v) is 32.2. The summed E-state index contributed by atoms with van der Waals surface area (Å²) in [6.07, 6.45) is 0.138. The molecule has 4 amide bonds. The van der Waals surface area contributed by atoms with E-state index in [0.717, 1.165) is 26.8 Å². The van der Waals surface area contributed by atoms with Crippen molar-refractivity contribution in [3.63, 3.8) is 0 Å². The van der Waals surface area contributed by atoms with Gasteiger partial charge in [0.15, 0.2) is 0 Å². The summed E-state index contributed by atoms with van der Waals surface area (Å²) in [5.74, 6) is -8.58. The fourth-order valence-corrected chi connectivity index (χ4v) is 5.78. The molecule has 1 aliphatic heterocycles. The molecule has 55 heavy (non-hydrogen) atoms. The molecule has 1 aliphatic carbocycles. The van der Waals surface area contributed by atoms with Crippen LogP contribution in [0.25, 0.3) is 0 Å². The Kier molecular flexibility index (Phi) is 14.8. The number of nitrogens with one attached hydrogen (secondary N) is 1.